The van der Waals surface area contributed by atoms with Crippen LogP contribution in [0.25, 0.3) is 11.4 Å². The molecule has 3 aromatic rings. The summed E-state index contributed by atoms with van der Waals surface area (Å²) in [4.78, 5) is 31.1. The van der Waals surface area contributed by atoms with Crippen LogP contribution in [0, 0.1) is 5.92 Å². The van der Waals surface area contributed by atoms with Crippen molar-refractivity contribution in [2.45, 2.75) is 19.0 Å². The average molecular weight is 460 g/mol. The van der Waals surface area contributed by atoms with Gasteiger partial charge in [0.1, 0.15) is 0 Å². The number of hydrogen-bond donors (Lipinski definition) is 1. The fraction of sp³-hybridized carbons (Fsp3) is 0.273. The molecule has 0 atom stereocenters. The van der Waals surface area contributed by atoms with Crippen LogP contribution >= 0.6 is 11.5 Å². The molecule has 1 aliphatic heterocycles. The first kappa shape index (κ1) is 21.9. The minimum Gasteiger partial charge on any atom is -0.339 e. The molecule has 1 saturated heterocycles. The smallest absolute Gasteiger partial charge is 0.339 e. The maximum Gasteiger partial charge on any atom is 0.416 e. The Morgan fingerprint density at radius 1 is 1.00 bits per heavy atom. The lowest BCUT2D eigenvalue weighted by atomic mass is 9.95. The van der Waals surface area contributed by atoms with Gasteiger partial charge in [0, 0.05) is 41.7 Å². The SMILES string of the molecule is O=C(Nc1nc(-c2ccccc2)ns1)C1CCN(C(=O)c2ccc(C(F)(F)F)cc2)CC1. The van der Waals surface area contributed by atoms with Crippen LogP contribution in [-0.2, 0) is 11.0 Å². The van der Waals surface area contributed by atoms with Gasteiger partial charge in [0.15, 0.2) is 5.82 Å². The van der Waals surface area contributed by atoms with Gasteiger partial charge >= 0.3 is 6.18 Å². The Labute approximate surface area is 186 Å². The number of piperidine rings is 1. The Balaban J connectivity index is 1.31. The van der Waals surface area contributed by atoms with Gasteiger partial charge < -0.3 is 10.2 Å². The van der Waals surface area contributed by atoms with E-state index >= 15 is 0 Å². The first-order valence-corrected chi connectivity index (χ1v) is 10.7. The lowest BCUT2D eigenvalue weighted by molar-refractivity contribution is -0.137. The number of rotatable bonds is 4. The third-order valence-electron chi connectivity index (χ3n) is 5.30. The molecule has 0 spiro atoms. The van der Waals surface area contributed by atoms with Crippen molar-refractivity contribution in [1.29, 1.82) is 0 Å². The van der Waals surface area contributed by atoms with Crippen LogP contribution in [0.4, 0.5) is 18.3 Å². The third kappa shape index (κ3) is 4.96. The summed E-state index contributed by atoms with van der Waals surface area (Å²) in [5.74, 6) is -0.254. The molecule has 0 radical (unpaired) electrons. The highest BCUT2D eigenvalue weighted by molar-refractivity contribution is 7.10. The molecular weight excluding hydrogens is 441 g/mol. The van der Waals surface area contributed by atoms with E-state index in [1.807, 2.05) is 30.3 Å². The third-order valence-corrected chi connectivity index (χ3v) is 5.93. The molecule has 0 saturated carbocycles. The standard InChI is InChI=1S/C22H19F3N4O2S/c23-22(24,25)17-8-6-16(7-9-17)20(31)29-12-10-15(11-13-29)19(30)27-21-26-18(28-32-21)14-4-2-1-3-5-14/h1-9,15H,10-13H2,(H,26,27,28,30). The van der Waals surface area contributed by atoms with Gasteiger partial charge in [-0.2, -0.15) is 22.5 Å². The highest BCUT2D eigenvalue weighted by atomic mass is 32.1. The number of aromatic nitrogens is 2. The summed E-state index contributed by atoms with van der Waals surface area (Å²) in [5.41, 5.74) is 0.263. The lowest BCUT2D eigenvalue weighted by Gasteiger charge is -2.31. The fourth-order valence-corrected chi connectivity index (χ4v) is 4.11. The van der Waals surface area contributed by atoms with Crippen LogP contribution in [0.15, 0.2) is 54.6 Å². The maximum absolute atomic E-state index is 12.7. The van der Waals surface area contributed by atoms with Gasteiger partial charge in [-0.25, -0.2) is 0 Å². The van der Waals surface area contributed by atoms with Crippen molar-refractivity contribution in [3.63, 3.8) is 0 Å². The van der Waals surface area contributed by atoms with E-state index in [9.17, 15) is 22.8 Å². The number of carbonyl (C=O) groups excluding carboxylic acids is 2. The minimum absolute atomic E-state index is 0.178. The van der Waals surface area contributed by atoms with E-state index in [4.69, 9.17) is 0 Å². The fourth-order valence-electron chi connectivity index (χ4n) is 3.52. The predicted octanol–water partition coefficient (Wildman–Crippen LogP) is 4.71. The van der Waals surface area contributed by atoms with E-state index in [-0.39, 0.29) is 23.3 Å². The maximum atomic E-state index is 12.7. The zero-order chi connectivity index (χ0) is 22.7. The number of amides is 2. The number of carbonyl (C=O) groups is 2. The van der Waals surface area contributed by atoms with Crippen molar-refractivity contribution < 1.29 is 22.8 Å². The van der Waals surface area contributed by atoms with Crippen LogP contribution in [0.1, 0.15) is 28.8 Å². The number of nitrogens with one attached hydrogen (secondary N) is 1. The van der Waals surface area contributed by atoms with E-state index in [1.54, 1.807) is 4.90 Å². The number of alkyl halides is 3. The van der Waals surface area contributed by atoms with E-state index in [0.29, 0.717) is 36.9 Å². The summed E-state index contributed by atoms with van der Waals surface area (Å²) in [6.45, 7) is 0.701. The van der Waals surface area contributed by atoms with E-state index in [0.717, 1.165) is 29.2 Å². The van der Waals surface area contributed by atoms with Crippen molar-refractivity contribution in [3.8, 4) is 11.4 Å². The highest BCUT2D eigenvalue weighted by Gasteiger charge is 2.31. The monoisotopic (exact) mass is 460 g/mol. The summed E-state index contributed by atoms with van der Waals surface area (Å²) >= 11 is 1.10. The van der Waals surface area contributed by atoms with Gasteiger partial charge in [-0.15, -0.1) is 0 Å². The number of halogens is 3. The second kappa shape index (κ2) is 9.07. The quantitative estimate of drug-likeness (QED) is 0.612. The van der Waals surface area contributed by atoms with Crippen molar-refractivity contribution >= 4 is 28.5 Å². The van der Waals surface area contributed by atoms with Crippen LogP contribution in [0.2, 0.25) is 0 Å². The normalized spacial score (nSPS) is 14.9. The molecule has 1 aliphatic rings. The van der Waals surface area contributed by atoms with Crippen molar-refractivity contribution in [3.05, 3.63) is 65.7 Å². The molecule has 2 aromatic carbocycles. The van der Waals surface area contributed by atoms with Gasteiger partial charge in [-0.1, -0.05) is 30.3 Å². The van der Waals surface area contributed by atoms with Gasteiger partial charge in [0.05, 0.1) is 5.56 Å². The Bertz CT molecular complexity index is 1090. The Morgan fingerprint density at radius 2 is 1.66 bits per heavy atom. The summed E-state index contributed by atoms with van der Waals surface area (Å²) in [6, 6.07) is 13.6. The number of likely N-dealkylation sites (tertiary alicyclic amines) is 1. The number of nitrogens with zero attached hydrogens (tertiary/aromatic N) is 3. The van der Waals surface area contributed by atoms with Crippen molar-refractivity contribution in [2.24, 2.45) is 5.92 Å². The van der Waals surface area contributed by atoms with Crippen molar-refractivity contribution in [1.82, 2.24) is 14.3 Å². The predicted molar refractivity (Wildman–Crippen MR) is 114 cm³/mol. The summed E-state index contributed by atoms with van der Waals surface area (Å²) in [5, 5.41) is 3.21. The number of hydrogen-bond acceptors (Lipinski definition) is 5. The molecule has 0 aliphatic carbocycles. The van der Waals surface area contributed by atoms with Gasteiger partial charge in [-0.05, 0) is 37.1 Å². The van der Waals surface area contributed by atoms with E-state index in [2.05, 4.69) is 14.7 Å². The summed E-state index contributed by atoms with van der Waals surface area (Å²) in [7, 11) is 0. The van der Waals surface area contributed by atoms with Crippen LogP contribution in [0.5, 0.6) is 0 Å². The topological polar surface area (TPSA) is 75.2 Å². The zero-order valence-electron chi connectivity index (χ0n) is 16.8. The second-order valence-corrected chi connectivity index (χ2v) is 8.17. The first-order valence-electron chi connectivity index (χ1n) is 9.98. The second-order valence-electron chi connectivity index (χ2n) is 7.42. The molecule has 1 aromatic heterocycles. The molecule has 1 N–H and O–H groups in total. The molecule has 6 nitrogen and oxygen atoms in total. The first-order chi connectivity index (χ1) is 15.3. The largest absolute Gasteiger partial charge is 0.416 e. The molecule has 4 rings (SSSR count). The highest BCUT2D eigenvalue weighted by Crippen LogP contribution is 2.29. The average Bonchev–Trinajstić information content (AvgIpc) is 3.27. The summed E-state index contributed by atoms with van der Waals surface area (Å²) < 4.78 is 42.4. The number of benzene rings is 2. The number of anilines is 1. The molecular formula is C22H19F3N4O2S. The van der Waals surface area contributed by atoms with E-state index in [1.165, 1.54) is 12.1 Å². The molecule has 2 heterocycles. The van der Waals surface area contributed by atoms with Crippen LogP contribution in [-0.4, -0.2) is 39.2 Å². The molecule has 32 heavy (non-hydrogen) atoms. The Hall–Kier alpha value is -3.27. The van der Waals surface area contributed by atoms with E-state index < -0.39 is 11.7 Å². The summed E-state index contributed by atoms with van der Waals surface area (Å²) in [6.07, 6.45) is -3.52. The molecule has 2 amide bonds. The van der Waals surface area contributed by atoms with Gasteiger partial charge in [0.25, 0.3) is 5.91 Å². The van der Waals surface area contributed by atoms with Gasteiger partial charge in [-0.3, -0.25) is 9.59 Å². The lowest BCUT2D eigenvalue weighted by Crippen LogP contribution is -2.41. The minimum atomic E-state index is -4.44. The van der Waals surface area contributed by atoms with Crippen LogP contribution in [0.3, 0.4) is 0 Å². The molecule has 10 heteroatoms. The Morgan fingerprint density at radius 3 is 2.28 bits per heavy atom. The molecule has 0 unspecified atom stereocenters. The Kier molecular flexibility index (Phi) is 6.22. The van der Waals surface area contributed by atoms with Crippen molar-refractivity contribution in [2.75, 3.05) is 18.4 Å². The molecule has 0 bridgehead atoms. The van der Waals surface area contributed by atoms with Gasteiger partial charge in [0.2, 0.25) is 11.0 Å². The molecule has 166 valence electrons. The zero-order valence-corrected chi connectivity index (χ0v) is 17.6. The molecule has 1 fully saturated rings. The van der Waals surface area contributed by atoms with Crippen LogP contribution < -0.4 is 5.32 Å².